The van der Waals surface area contributed by atoms with Gasteiger partial charge in [-0.05, 0) is 18.8 Å². The maximum atomic E-state index is 10.6. The van der Waals surface area contributed by atoms with Gasteiger partial charge in [0.2, 0.25) is 0 Å². The molecule has 19 heavy (non-hydrogen) atoms. The minimum Gasteiger partial charge on any atom is -0.481 e. The number of carbonyl (C=O) groups is 1. The van der Waals surface area contributed by atoms with Crippen LogP contribution in [0, 0.1) is 11.3 Å². The summed E-state index contributed by atoms with van der Waals surface area (Å²) in [5, 5.41) is 8.71. The molecule has 0 aliphatic heterocycles. The maximum Gasteiger partial charge on any atom is 0.307 e. The highest BCUT2D eigenvalue weighted by Crippen LogP contribution is 2.28. The fourth-order valence-electron chi connectivity index (χ4n) is 1.54. The fourth-order valence-corrected chi connectivity index (χ4v) is 2.30. The molecule has 3 N–H and O–H groups in total. The number of nitrogens with two attached hydrogens (primary N) is 1. The van der Waals surface area contributed by atoms with Crippen LogP contribution in [0.15, 0.2) is 0 Å². The van der Waals surface area contributed by atoms with Gasteiger partial charge in [0.1, 0.15) is 0 Å². The molecule has 2 unspecified atom stereocenters. The molecule has 0 amide bonds. The Balaban J connectivity index is 0. The van der Waals surface area contributed by atoms with E-state index in [-0.39, 0.29) is 11.3 Å². The molecule has 0 aromatic carbocycles. The topological polar surface area (TPSA) is 63.3 Å². The van der Waals surface area contributed by atoms with Gasteiger partial charge in [-0.3, -0.25) is 4.79 Å². The van der Waals surface area contributed by atoms with Gasteiger partial charge in [-0.25, -0.2) is 0 Å². The zero-order valence-electron chi connectivity index (χ0n) is 13.9. The fraction of sp³-hybridized carbons (Fsp3) is 0.933. The van der Waals surface area contributed by atoms with Crippen molar-refractivity contribution in [3.05, 3.63) is 0 Å². The van der Waals surface area contributed by atoms with E-state index in [2.05, 4.69) is 20.8 Å². The van der Waals surface area contributed by atoms with E-state index in [1.54, 1.807) is 0 Å². The second-order valence-electron chi connectivity index (χ2n) is 7.07. The van der Waals surface area contributed by atoms with Crippen LogP contribution in [0.25, 0.3) is 0 Å². The highest BCUT2D eigenvalue weighted by atomic mass is 32.2. The van der Waals surface area contributed by atoms with Gasteiger partial charge in [-0.1, -0.05) is 48.5 Å². The van der Waals surface area contributed by atoms with Crippen LogP contribution in [0.1, 0.15) is 61.8 Å². The van der Waals surface area contributed by atoms with Crippen molar-refractivity contribution in [2.45, 2.75) is 72.6 Å². The molecule has 0 spiro atoms. The molecule has 0 heterocycles. The molecule has 0 saturated carbocycles. The van der Waals surface area contributed by atoms with Crippen LogP contribution in [0.4, 0.5) is 0 Å². The zero-order chi connectivity index (χ0) is 15.9. The standard InChI is InChI=1S/C8H16O2.C7H17NS/c1-5-6(7(9)10)8(2,3)4;1-6(8)5-9-7(2,3)4/h6H,5H2,1-4H3,(H,9,10);6H,5,8H2,1-4H3. The predicted molar refractivity (Wildman–Crippen MR) is 86.7 cm³/mol. The van der Waals surface area contributed by atoms with E-state index in [0.29, 0.717) is 17.2 Å². The average molecular weight is 292 g/mol. The Morgan fingerprint density at radius 3 is 1.68 bits per heavy atom. The summed E-state index contributed by atoms with van der Waals surface area (Å²) in [5.74, 6) is 0.159. The summed E-state index contributed by atoms with van der Waals surface area (Å²) in [6.45, 7) is 16.4. The van der Waals surface area contributed by atoms with Gasteiger partial charge >= 0.3 is 5.97 Å². The summed E-state index contributed by atoms with van der Waals surface area (Å²) in [5.41, 5.74) is 5.47. The molecular weight excluding hydrogens is 258 g/mol. The second-order valence-corrected chi connectivity index (χ2v) is 8.91. The van der Waals surface area contributed by atoms with Gasteiger partial charge in [0.05, 0.1) is 5.92 Å². The van der Waals surface area contributed by atoms with Crippen molar-refractivity contribution in [3.63, 3.8) is 0 Å². The van der Waals surface area contributed by atoms with E-state index >= 15 is 0 Å². The van der Waals surface area contributed by atoms with Gasteiger partial charge in [0.25, 0.3) is 0 Å². The molecule has 116 valence electrons. The largest absolute Gasteiger partial charge is 0.481 e. The maximum absolute atomic E-state index is 10.6. The van der Waals surface area contributed by atoms with Crippen molar-refractivity contribution in [1.29, 1.82) is 0 Å². The minimum atomic E-state index is -0.685. The lowest BCUT2D eigenvalue weighted by molar-refractivity contribution is -0.145. The van der Waals surface area contributed by atoms with E-state index in [4.69, 9.17) is 10.8 Å². The molecular formula is C15H33NO2S. The Labute approximate surface area is 123 Å². The van der Waals surface area contributed by atoms with Crippen LogP contribution >= 0.6 is 11.8 Å². The lowest BCUT2D eigenvalue weighted by Crippen LogP contribution is -2.27. The van der Waals surface area contributed by atoms with E-state index in [1.165, 1.54) is 0 Å². The van der Waals surface area contributed by atoms with Gasteiger partial charge in [0.15, 0.2) is 0 Å². The average Bonchev–Trinajstić information content (AvgIpc) is 2.12. The number of aliphatic carboxylic acids is 1. The molecule has 0 bridgehead atoms. The molecule has 3 nitrogen and oxygen atoms in total. The number of carboxylic acids is 1. The Bertz CT molecular complexity index is 252. The second kappa shape index (κ2) is 8.85. The van der Waals surface area contributed by atoms with Crippen molar-refractivity contribution in [3.8, 4) is 0 Å². The monoisotopic (exact) mass is 291 g/mol. The molecule has 0 saturated heterocycles. The number of carboxylic acid groups (broad SMARTS) is 1. The van der Waals surface area contributed by atoms with Crippen LogP contribution in [0.2, 0.25) is 0 Å². The minimum absolute atomic E-state index is 0.111. The molecule has 0 radical (unpaired) electrons. The quantitative estimate of drug-likeness (QED) is 0.821. The molecule has 2 atom stereocenters. The highest BCUT2D eigenvalue weighted by Gasteiger charge is 2.28. The SMILES string of the molecule is CC(N)CSC(C)(C)C.CCC(C(=O)O)C(C)(C)C. The Kier molecular flexibility index (Phi) is 9.82. The van der Waals surface area contributed by atoms with E-state index < -0.39 is 5.97 Å². The van der Waals surface area contributed by atoms with E-state index in [0.717, 1.165) is 5.75 Å². The molecule has 0 aliphatic rings. The number of thioether (sulfide) groups is 1. The first-order valence-electron chi connectivity index (χ1n) is 6.93. The summed E-state index contributed by atoms with van der Waals surface area (Å²) in [6.07, 6.45) is 0.707. The molecule has 4 heteroatoms. The van der Waals surface area contributed by atoms with Crippen LogP contribution in [-0.4, -0.2) is 27.6 Å². The van der Waals surface area contributed by atoms with Gasteiger partial charge < -0.3 is 10.8 Å². The van der Waals surface area contributed by atoms with E-state index in [9.17, 15) is 4.79 Å². The smallest absolute Gasteiger partial charge is 0.307 e. The third-order valence-electron chi connectivity index (χ3n) is 2.53. The van der Waals surface area contributed by atoms with Gasteiger partial charge in [-0.2, -0.15) is 11.8 Å². The van der Waals surface area contributed by atoms with E-state index in [1.807, 2.05) is 46.4 Å². The molecule has 0 rings (SSSR count). The van der Waals surface area contributed by atoms with Gasteiger partial charge in [-0.15, -0.1) is 0 Å². The first-order valence-corrected chi connectivity index (χ1v) is 7.92. The molecule has 0 aromatic heterocycles. The first-order chi connectivity index (χ1) is 8.31. The molecule has 0 aliphatic carbocycles. The highest BCUT2D eigenvalue weighted by molar-refractivity contribution is 8.00. The summed E-state index contributed by atoms with van der Waals surface area (Å²) in [4.78, 5) is 10.6. The number of hydrogen-bond acceptors (Lipinski definition) is 3. The zero-order valence-corrected chi connectivity index (χ0v) is 14.7. The summed E-state index contributed by atoms with van der Waals surface area (Å²) < 4.78 is 0.369. The number of hydrogen-bond donors (Lipinski definition) is 2. The summed E-state index contributed by atoms with van der Waals surface area (Å²) >= 11 is 1.92. The Hall–Kier alpha value is -0.220. The molecule has 0 aromatic rings. The summed E-state index contributed by atoms with van der Waals surface area (Å²) in [6, 6.07) is 0.328. The van der Waals surface area contributed by atoms with Crippen LogP contribution in [0.3, 0.4) is 0 Å². The van der Waals surface area contributed by atoms with Crippen molar-refractivity contribution in [2.24, 2.45) is 17.1 Å². The van der Waals surface area contributed by atoms with Crippen molar-refractivity contribution in [1.82, 2.24) is 0 Å². The third kappa shape index (κ3) is 14.0. The Morgan fingerprint density at radius 2 is 1.63 bits per heavy atom. The molecule has 0 fully saturated rings. The summed E-state index contributed by atoms with van der Waals surface area (Å²) in [7, 11) is 0. The van der Waals surface area contributed by atoms with Crippen molar-refractivity contribution < 1.29 is 9.90 Å². The lowest BCUT2D eigenvalue weighted by Gasteiger charge is -2.25. The first kappa shape index (κ1) is 21.1. The van der Waals surface area contributed by atoms with Gasteiger partial charge in [0, 0.05) is 16.5 Å². The van der Waals surface area contributed by atoms with Crippen LogP contribution in [0.5, 0.6) is 0 Å². The van der Waals surface area contributed by atoms with Crippen LogP contribution < -0.4 is 5.73 Å². The predicted octanol–water partition coefficient (Wildman–Crippen LogP) is 4.01. The normalized spacial score (nSPS) is 15.2. The number of rotatable bonds is 4. The third-order valence-corrected chi connectivity index (χ3v) is 4.09. The Morgan fingerprint density at radius 1 is 1.21 bits per heavy atom. The van der Waals surface area contributed by atoms with Crippen molar-refractivity contribution >= 4 is 17.7 Å². The lowest BCUT2D eigenvalue weighted by atomic mass is 9.79. The van der Waals surface area contributed by atoms with Crippen LogP contribution in [-0.2, 0) is 4.79 Å². The van der Waals surface area contributed by atoms with Crippen molar-refractivity contribution in [2.75, 3.05) is 5.75 Å².